The Balaban J connectivity index is 2.54. The molecule has 0 aliphatic carbocycles. The predicted molar refractivity (Wildman–Crippen MR) is 90.4 cm³/mol. The molecule has 0 saturated carbocycles. The zero-order valence-corrected chi connectivity index (χ0v) is 13.6. The summed E-state index contributed by atoms with van der Waals surface area (Å²) in [7, 11) is 1.61. The molecular weight excluding hydrogens is 286 g/mol. The number of nitrogens with zero attached hydrogens (tertiary/aromatic N) is 1. The Morgan fingerprint density at radius 1 is 1.33 bits per heavy atom. The normalized spacial score (nSPS) is 10.4. The van der Waals surface area contributed by atoms with E-state index >= 15 is 0 Å². The Labute approximate surface area is 131 Å². The summed E-state index contributed by atoms with van der Waals surface area (Å²) in [6, 6.07) is 5.64. The molecule has 0 unspecified atom stereocenters. The second kappa shape index (κ2) is 9.99. The molecule has 116 valence electrons. The molecule has 0 aliphatic rings. The fourth-order valence-electron chi connectivity index (χ4n) is 1.62. The van der Waals surface area contributed by atoms with Gasteiger partial charge in [0.1, 0.15) is 0 Å². The summed E-state index contributed by atoms with van der Waals surface area (Å²) >= 11 is 5.11. The third-order valence-corrected chi connectivity index (χ3v) is 2.92. The first kappa shape index (κ1) is 17.2. The van der Waals surface area contributed by atoms with Crippen molar-refractivity contribution in [2.75, 3.05) is 20.3 Å². The van der Waals surface area contributed by atoms with E-state index in [1.165, 1.54) is 0 Å². The molecule has 5 nitrogen and oxygen atoms in total. The summed E-state index contributed by atoms with van der Waals surface area (Å²) in [6.07, 6.45) is 3.90. The van der Waals surface area contributed by atoms with Gasteiger partial charge < -0.3 is 14.8 Å². The Morgan fingerprint density at radius 3 is 2.81 bits per heavy atom. The molecule has 6 heteroatoms. The number of hydrogen-bond acceptors (Lipinski definition) is 4. The number of rotatable bonds is 8. The van der Waals surface area contributed by atoms with Crippen LogP contribution in [-0.2, 0) is 0 Å². The van der Waals surface area contributed by atoms with E-state index in [1.54, 1.807) is 13.3 Å². The second-order valence-corrected chi connectivity index (χ2v) is 4.73. The highest BCUT2D eigenvalue weighted by atomic mass is 32.1. The van der Waals surface area contributed by atoms with Crippen LogP contribution in [0.15, 0.2) is 23.3 Å². The lowest BCUT2D eigenvalue weighted by Gasteiger charge is -2.09. The molecule has 0 bridgehead atoms. The molecule has 1 rings (SSSR count). The fraction of sp³-hybridized carbons (Fsp3) is 0.467. The van der Waals surface area contributed by atoms with Gasteiger partial charge in [-0.05, 0) is 49.3 Å². The summed E-state index contributed by atoms with van der Waals surface area (Å²) in [5.41, 5.74) is 3.69. The van der Waals surface area contributed by atoms with Gasteiger partial charge in [-0.25, -0.2) is 0 Å². The van der Waals surface area contributed by atoms with E-state index in [2.05, 4.69) is 22.8 Å². The average molecular weight is 309 g/mol. The van der Waals surface area contributed by atoms with Crippen LogP contribution in [0.2, 0.25) is 0 Å². The summed E-state index contributed by atoms with van der Waals surface area (Å²) < 4.78 is 10.8. The van der Waals surface area contributed by atoms with Crippen molar-refractivity contribution in [2.45, 2.75) is 26.7 Å². The number of unbranched alkanes of at least 4 members (excludes halogenated alkanes) is 1. The number of methoxy groups -OCH3 is 1. The first-order valence-electron chi connectivity index (χ1n) is 7.09. The van der Waals surface area contributed by atoms with Crippen LogP contribution in [-0.4, -0.2) is 31.6 Å². The Bertz CT molecular complexity index is 478. The number of hydrogen-bond donors (Lipinski definition) is 2. The van der Waals surface area contributed by atoms with Crippen LogP contribution in [0.3, 0.4) is 0 Å². The highest BCUT2D eigenvalue weighted by Crippen LogP contribution is 2.27. The molecule has 1 aromatic rings. The van der Waals surface area contributed by atoms with Gasteiger partial charge in [0.2, 0.25) is 0 Å². The first-order chi connectivity index (χ1) is 10.2. The predicted octanol–water partition coefficient (Wildman–Crippen LogP) is 2.69. The Hall–Kier alpha value is -1.82. The largest absolute Gasteiger partial charge is 0.493 e. The monoisotopic (exact) mass is 309 g/mol. The van der Waals surface area contributed by atoms with Crippen LogP contribution in [0.1, 0.15) is 32.3 Å². The van der Waals surface area contributed by atoms with Crippen molar-refractivity contribution in [1.82, 2.24) is 10.7 Å². The van der Waals surface area contributed by atoms with Crippen LogP contribution in [0, 0.1) is 0 Å². The second-order valence-electron chi connectivity index (χ2n) is 4.32. The van der Waals surface area contributed by atoms with Gasteiger partial charge in [-0.1, -0.05) is 13.3 Å². The van der Waals surface area contributed by atoms with E-state index in [0.29, 0.717) is 17.5 Å². The van der Waals surface area contributed by atoms with Gasteiger partial charge in [0.05, 0.1) is 19.9 Å². The van der Waals surface area contributed by atoms with Crippen molar-refractivity contribution >= 4 is 23.5 Å². The minimum Gasteiger partial charge on any atom is -0.493 e. The zero-order chi connectivity index (χ0) is 15.5. The number of ether oxygens (including phenoxy) is 2. The number of hydrazone groups is 1. The van der Waals surface area contributed by atoms with E-state index in [4.69, 9.17) is 21.7 Å². The van der Waals surface area contributed by atoms with Gasteiger partial charge >= 0.3 is 0 Å². The summed E-state index contributed by atoms with van der Waals surface area (Å²) in [4.78, 5) is 0. The maximum atomic E-state index is 5.46. The summed E-state index contributed by atoms with van der Waals surface area (Å²) in [5, 5.41) is 7.70. The molecule has 0 fully saturated rings. The SMILES string of the molecule is CCCCNC(=S)NN=Cc1ccc(OCC)c(OC)c1. The standard InChI is InChI=1S/C15H23N3O2S/c1-4-6-9-16-15(21)18-17-11-12-7-8-13(20-5-2)14(10-12)19-3/h7-8,10-11H,4-6,9H2,1-3H3,(H2,16,18,21). The Kier molecular flexibility index (Phi) is 8.19. The number of nitrogens with one attached hydrogen (secondary N) is 2. The summed E-state index contributed by atoms with van der Waals surface area (Å²) in [5.74, 6) is 1.41. The molecular formula is C15H23N3O2S. The lowest BCUT2D eigenvalue weighted by atomic mass is 10.2. The van der Waals surface area contributed by atoms with E-state index < -0.39 is 0 Å². The van der Waals surface area contributed by atoms with E-state index in [1.807, 2.05) is 25.1 Å². The quantitative estimate of drug-likeness (QED) is 0.335. The highest BCUT2D eigenvalue weighted by molar-refractivity contribution is 7.80. The third-order valence-electron chi connectivity index (χ3n) is 2.68. The zero-order valence-electron chi connectivity index (χ0n) is 12.8. The van der Waals surface area contributed by atoms with Gasteiger partial charge in [-0.2, -0.15) is 5.10 Å². The lowest BCUT2D eigenvalue weighted by Crippen LogP contribution is -2.32. The first-order valence-corrected chi connectivity index (χ1v) is 7.49. The van der Waals surface area contributed by atoms with Crippen molar-refractivity contribution in [3.05, 3.63) is 23.8 Å². The van der Waals surface area contributed by atoms with Crippen molar-refractivity contribution in [3.63, 3.8) is 0 Å². The molecule has 21 heavy (non-hydrogen) atoms. The maximum Gasteiger partial charge on any atom is 0.186 e. The molecule has 0 amide bonds. The van der Waals surface area contributed by atoms with E-state index in [9.17, 15) is 0 Å². The topological polar surface area (TPSA) is 54.9 Å². The van der Waals surface area contributed by atoms with Crippen molar-refractivity contribution in [2.24, 2.45) is 5.10 Å². The van der Waals surface area contributed by atoms with Gasteiger partial charge in [0.15, 0.2) is 16.6 Å². The van der Waals surface area contributed by atoms with Crippen LogP contribution in [0.5, 0.6) is 11.5 Å². The third kappa shape index (κ3) is 6.44. The molecule has 0 spiro atoms. The van der Waals surface area contributed by atoms with Crippen LogP contribution >= 0.6 is 12.2 Å². The van der Waals surface area contributed by atoms with Crippen LogP contribution in [0.25, 0.3) is 0 Å². The van der Waals surface area contributed by atoms with Crippen molar-refractivity contribution < 1.29 is 9.47 Å². The minimum absolute atomic E-state index is 0.526. The molecule has 0 saturated heterocycles. The molecule has 0 aromatic heterocycles. The molecule has 0 aliphatic heterocycles. The molecule has 0 radical (unpaired) electrons. The average Bonchev–Trinajstić information content (AvgIpc) is 2.49. The van der Waals surface area contributed by atoms with Gasteiger partial charge in [-0.3, -0.25) is 5.43 Å². The molecule has 1 aromatic carbocycles. The van der Waals surface area contributed by atoms with Crippen molar-refractivity contribution in [3.8, 4) is 11.5 Å². The van der Waals surface area contributed by atoms with E-state index in [-0.39, 0.29) is 0 Å². The van der Waals surface area contributed by atoms with Crippen molar-refractivity contribution in [1.29, 1.82) is 0 Å². The van der Waals surface area contributed by atoms with Gasteiger partial charge in [0.25, 0.3) is 0 Å². The summed E-state index contributed by atoms with van der Waals surface area (Å²) in [6.45, 7) is 5.53. The number of benzene rings is 1. The van der Waals surface area contributed by atoms with Crippen LogP contribution < -0.4 is 20.2 Å². The highest BCUT2D eigenvalue weighted by Gasteiger charge is 2.03. The molecule has 0 heterocycles. The molecule has 0 atom stereocenters. The van der Waals surface area contributed by atoms with E-state index in [0.717, 1.165) is 30.7 Å². The lowest BCUT2D eigenvalue weighted by molar-refractivity contribution is 0.311. The number of thiocarbonyl (C=S) groups is 1. The Morgan fingerprint density at radius 2 is 2.14 bits per heavy atom. The fourth-order valence-corrected chi connectivity index (χ4v) is 1.78. The van der Waals surface area contributed by atoms with Crippen LogP contribution in [0.4, 0.5) is 0 Å². The minimum atomic E-state index is 0.526. The van der Waals surface area contributed by atoms with Gasteiger partial charge in [-0.15, -0.1) is 0 Å². The molecule has 2 N–H and O–H groups in total. The smallest absolute Gasteiger partial charge is 0.186 e. The maximum absolute atomic E-state index is 5.46. The van der Waals surface area contributed by atoms with Gasteiger partial charge in [0, 0.05) is 6.54 Å².